The molecule has 0 bridgehead atoms. The zero-order valence-corrected chi connectivity index (χ0v) is 20.1. The first-order valence-corrected chi connectivity index (χ1v) is 11.8. The molecule has 0 atom stereocenters. The lowest BCUT2D eigenvalue weighted by Gasteiger charge is -2.10. The maximum Gasteiger partial charge on any atom is 0.251 e. The number of rotatable bonds is 8. The molecule has 0 unspecified atom stereocenters. The van der Waals surface area contributed by atoms with Crippen molar-refractivity contribution in [3.05, 3.63) is 95.2 Å². The van der Waals surface area contributed by atoms with Crippen molar-refractivity contribution < 1.29 is 14.0 Å². The second-order valence-electron chi connectivity index (χ2n) is 7.98. The van der Waals surface area contributed by atoms with Gasteiger partial charge in [-0.2, -0.15) is 0 Å². The van der Waals surface area contributed by atoms with E-state index < -0.39 is 0 Å². The summed E-state index contributed by atoms with van der Waals surface area (Å²) in [5.74, 6) is 1.49. The molecule has 2 N–H and O–H groups in total. The van der Waals surface area contributed by atoms with Crippen LogP contribution >= 0.6 is 11.8 Å². The normalized spacial score (nSPS) is 10.8. The summed E-state index contributed by atoms with van der Waals surface area (Å²) in [6.45, 7) is 6.20. The van der Waals surface area contributed by atoms with Gasteiger partial charge in [-0.05, 0) is 68.8 Å². The standard InChI is InChI=1S/C26H26N4O3S/c1-17-4-11-23(18(2)14-17)29-24(31)16-34-26-27-12-13-30(26)21-8-6-20(7-9-21)25(32)28-15-22-10-5-19(3)33-22/h4-14H,15-16H2,1-3H3,(H,28,32)(H,29,31). The van der Waals surface area contributed by atoms with Crippen molar-refractivity contribution >= 4 is 29.3 Å². The third-order valence-electron chi connectivity index (χ3n) is 5.22. The van der Waals surface area contributed by atoms with Crippen LogP contribution in [0.15, 0.2) is 76.6 Å². The number of imidazole rings is 1. The quantitative estimate of drug-likeness (QED) is 0.349. The first-order chi connectivity index (χ1) is 16.4. The Morgan fingerprint density at radius 3 is 2.53 bits per heavy atom. The maximum absolute atomic E-state index is 12.5. The van der Waals surface area contributed by atoms with Crippen LogP contribution in [0.1, 0.15) is 33.0 Å². The molecule has 0 aliphatic heterocycles. The van der Waals surface area contributed by atoms with Gasteiger partial charge >= 0.3 is 0 Å². The number of amides is 2. The molecule has 0 aliphatic carbocycles. The van der Waals surface area contributed by atoms with E-state index in [0.29, 0.717) is 23.0 Å². The van der Waals surface area contributed by atoms with Gasteiger partial charge in [0.05, 0.1) is 12.3 Å². The molecule has 174 valence electrons. The van der Waals surface area contributed by atoms with Crippen molar-refractivity contribution in [1.82, 2.24) is 14.9 Å². The van der Waals surface area contributed by atoms with Crippen molar-refractivity contribution in [2.45, 2.75) is 32.5 Å². The predicted octanol–water partition coefficient (Wildman–Crippen LogP) is 5.05. The van der Waals surface area contributed by atoms with Gasteiger partial charge in [-0.1, -0.05) is 29.5 Å². The second kappa shape index (κ2) is 10.4. The van der Waals surface area contributed by atoms with E-state index in [1.807, 2.05) is 74.0 Å². The SMILES string of the molecule is Cc1ccc(NC(=O)CSc2nccn2-c2ccc(C(=O)NCc3ccc(C)o3)cc2)c(C)c1. The van der Waals surface area contributed by atoms with Crippen molar-refractivity contribution in [2.75, 3.05) is 11.1 Å². The second-order valence-corrected chi connectivity index (χ2v) is 8.92. The van der Waals surface area contributed by atoms with Crippen LogP contribution in [0.25, 0.3) is 5.69 Å². The zero-order chi connectivity index (χ0) is 24.1. The highest BCUT2D eigenvalue weighted by Gasteiger charge is 2.12. The molecule has 2 amide bonds. The van der Waals surface area contributed by atoms with E-state index in [-0.39, 0.29) is 17.6 Å². The molecule has 0 spiro atoms. The van der Waals surface area contributed by atoms with Gasteiger partial charge in [-0.25, -0.2) is 4.98 Å². The van der Waals surface area contributed by atoms with Crippen LogP contribution in [0, 0.1) is 20.8 Å². The van der Waals surface area contributed by atoms with E-state index in [1.54, 1.807) is 18.3 Å². The lowest BCUT2D eigenvalue weighted by molar-refractivity contribution is -0.113. The number of hydrogen-bond donors (Lipinski definition) is 2. The molecule has 8 heteroatoms. The number of nitrogens with one attached hydrogen (secondary N) is 2. The number of nitrogens with zero attached hydrogens (tertiary/aromatic N) is 2. The molecule has 0 aliphatic rings. The molecular weight excluding hydrogens is 448 g/mol. The largest absolute Gasteiger partial charge is 0.465 e. The van der Waals surface area contributed by atoms with Crippen molar-refractivity contribution in [2.24, 2.45) is 0 Å². The van der Waals surface area contributed by atoms with E-state index in [2.05, 4.69) is 15.6 Å². The molecule has 2 aromatic carbocycles. The number of hydrogen-bond acceptors (Lipinski definition) is 5. The number of aryl methyl sites for hydroxylation is 3. The molecule has 0 saturated carbocycles. The third kappa shape index (κ3) is 5.77. The lowest BCUT2D eigenvalue weighted by atomic mass is 10.1. The minimum absolute atomic E-state index is 0.0923. The fourth-order valence-electron chi connectivity index (χ4n) is 3.49. The molecular formula is C26H26N4O3S. The average molecular weight is 475 g/mol. The summed E-state index contributed by atoms with van der Waals surface area (Å²) in [7, 11) is 0. The van der Waals surface area contributed by atoms with Crippen LogP contribution in [-0.4, -0.2) is 27.1 Å². The summed E-state index contributed by atoms with van der Waals surface area (Å²) in [6.07, 6.45) is 3.52. The molecule has 34 heavy (non-hydrogen) atoms. The molecule has 4 rings (SSSR count). The molecule has 2 heterocycles. The molecule has 7 nitrogen and oxygen atoms in total. The van der Waals surface area contributed by atoms with Gasteiger partial charge in [0.2, 0.25) is 5.91 Å². The average Bonchev–Trinajstić information content (AvgIpc) is 3.47. The van der Waals surface area contributed by atoms with Gasteiger partial charge in [0.15, 0.2) is 5.16 Å². The molecule has 4 aromatic rings. The smallest absolute Gasteiger partial charge is 0.251 e. The first kappa shape index (κ1) is 23.4. The summed E-state index contributed by atoms with van der Waals surface area (Å²) < 4.78 is 7.37. The molecule has 0 radical (unpaired) electrons. The topological polar surface area (TPSA) is 89.2 Å². The summed E-state index contributed by atoms with van der Waals surface area (Å²) in [5, 5.41) is 6.51. The highest BCUT2D eigenvalue weighted by molar-refractivity contribution is 7.99. The van der Waals surface area contributed by atoms with Gasteiger partial charge in [0.25, 0.3) is 5.91 Å². The highest BCUT2D eigenvalue weighted by atomic mass is 32.2. The number of benzene rings is 2. The summed E-state index contributed by atoms with van der Waals surface area (Å²) >= 11 is 1.35. The van der Waals surface area contributed by atoms with Crippen LogP contribution in [-0.2, 0) is 11.3 Å². The number of carbonyl (C=O) groups is 2. The predicted molar refractivity (Wildman–Crippen MR) is 133 cm³/mol. The van der Waals surface area contributed by atoms with E-state index in [9.17, 15) is 9.59 Å². The van der Waals surface area contributed by atoms with Crippen LogP contribution in [0.5, 0.6) is 0 Å². The Morgan fingerprint density at radius 1 is 1.03 bits per heavy atom. The first-order valence-electron chi connectivity index (χ1n) is 10.9. The summed E-state index contributed by atoms with van der Waals surface area (Å²) in [5.41, 5.74) is 4.41. The minimum Gasteiger partial charge on any atom is -0.465 e. The van der Waals surface area contributed by atoms with Crippen LogP contribution in [0.4, 0.5) is 5.69 Å². The van der Waals surface area contributed by atoms with Crippen LogP contribution < -0.4 is 10.6 Å². The van der Waals surface area contributed by atoms with Crippen LogP contribution in [0.3, 0.4) is 0 Å². The Bertz CT molecular complexity index is 1310. The third-order valence-corrected chi connectivity index (χ3v) is 6.19. The molecule has 2 aromatic heterocycles. The summed E-state index contributed by atoms with van der Waals surface area (Å²) in [4.78, 5) is 29.3. The summed E-state index contributed by atoms with van der Waals surface area (Å²) in [6, 6.07) is 16.9. The fraction of sp³-hybridized carbons (Fsp3) is 0.192. The Morgan fingerprint density at radius 2 is 1.82 bits per heavy atom. The maximum atomic E-state index is 12.5. The minimum atomic E-state index is -0.177. The molecule has 0 fully saturated rings. The Kier molecular flexibility index (Phi) is 7.18. The van der Waals surface area contributed by atoms with Crippen LogP contribution in [0.2, 0.25) is 0 Å². The van der Waals surface area contributed by atoms with Crippen molar-refractivity contribution in [3.8, 4) is 5.69 Å². The fourth-order valence-corrected chi connectivity index (χ4v) is 4.26. The van der Waals surface area contributed by atoms with E-state index in [0.717, 1.165) is 28.3 Å². The number of thioether (sulfide) groups is 1. The number of aromatic nitrogens is 2. The zero-order valence-electron chi connectivity index (χ0n) is 19.3. The Balaban J connectivity index is 1.35. The van der Waals surface area contributed by atoms with E-state index >= 15 is 0 Å². The number of anilines is 1. The van der Waals surface area contributed by atoms with Gasteiger partial charge in [0, 0.05) is 29.3 Å². The molecule has 0 saturated heterocycles. The van der Waals surface area contributed by atoms with E-state index in [1.165, 1.54) is 11.8 Å². The van der Waals surface area contributed by atoms with Crippen molar-refractivity contribution in [1.29, 1.82) is 0 Å². The van der Waals surface area contributed by atoms with Gasteiger partial charge in [0.1, 0.15) is 11.5 Å². The number of carbonyl (C=O) groups excluding carboxylic acids is 2. The lowest BCUT2D eigenvalue weighted by Crippen LogP contribution is -2.22. The van der Waals surface area contributed by atoms with Gasteiger partial charge in [-0.15, -0.1) is 0 Å². The Hall–Kier alpha value is -3.78. The van der Waals surface area contributed by atoms with Gasteiger partial charge < -0.3 is 15.1 Å². The Labute approximate surface area is 202 Å². The number of furan rings is 1. The van der Waals surface area contributed by atoms with Crippen molar-refractivity contribution in [3.63, 3.8) is 0 Å². The monoisotopic (exact) mass is 474 g/mol. The highest BCUT2D eigenvalue weighted by Crippen LogP contribution is 2.22. The van der Waals surface area contributed by atoms with Gasteiger partial charge in [-0.3, -0.25) is 14.2 Å². The van der Waals surface area contributed by atoms with E-state index in [4.69, 9.17) is 4.42 Å².